The Morgan fingerprint density at radius 3 is 2.73 bits per heavy atom. The number of pyridine rings is 1. The van der Waals surface area contributed by atoms with Crippen LogP contribution in [0.2, 0.25) is 0 Å². The molecule has 1 fully saturated rings. The standard InChI is InChI=1S/C18H25N3O4S/c1-12-8-17(19-18-14(12)6-5-7-16(18)25-4)21-9-13(15(22)10-21)11-26(23,24)20(2)3/h5-8,13,15,22H,9-11H2,1-4H3/t13-,15+/m0/s1. The molecule has 142 valence electrons. The summed E-state index contributed by atoms with van der Waals surface area (Å²) in [5.74, 6) is 0.994. The van der Waals surface area contributed by atoms with E-state index in [1.54, 1.807) is 7.11 Å². The number of ether oxygens (including phenoxy) is 1. The second-order valence-corrected chi connectivity index (χ2v) is 9.17. The fraction of sp³-hybridized carbons (Fsp3) is 0.500. The summed E-state index contributed by atoms with van der Waals surface area (Å²) in [6.07, 6.45) is -0.708. The fourth-order valence-electron chi connectivity index (χ4n) is 3.33. The van der Waals surface area contributed by atoms with Crippen LogP contribution in [0.25, 0.3) is 10.9 Å². The lowest BCUT2D eigenvalue weighted by molar-refractivity contribution is 0.157. The van der Waals surface area contributed by atoms with Crippen LogP contribution in [-0.2, 0) is 10.0 Å². The first-order valence-corrected chi connectivity index (χ1v) is 10.1. The predicted octanol–water partition coefficient (Wildman–Crippen LogP) is 1.24. The van der Waals surface area contributed by atoms with Crippen LogP contribution in [0.5, 0.6) is 5.75 Å². The van der Waals surface area contributed by atoms with Crippen LogP contribution >= 0.6 is 0 Å². The molecule has 0 spiro atoms. The van der Waals surface area contributed by atoms with Gasteiger partial charge in [0.2, 0.25) is 10.0 Å². The molecular formula is C18H25N3O4S. The Labute approximate surface area is 154 Å². The van der Waals surface area contributed by atoms with Gasteiger partial charge in [-0.25, -0.2) is 17.7 Å². The number of hydrogen-bond acceptors (Lipinski definition) is 6. The Kier molecular flexibility index (Phi) is 5.09. The third-order valence-electron chi connectivity index (χ3n) is 4.93. The maximum atomic E-state index is 12.2. The number of aromatic nitrogens is 1. The quantitative estimate of drug-likeness (QED) is 0.842. The molecule has 1 aliphatic heterocycles. The van der Waals surface area contributed by atoms with E-state index in [1.165, 1.54) is 18.4 Å². The van der Waals surface area contributed by atoms with E-state index in [0.717, 1.165) is 22.3 Å². The monoisotopic (exact) mass is 379 g/mol. The number of sulfonamides is 1. The molecule has 0 unspecified atom stereocenters. The van der Waals surface area contributed by atoms with Crippen molar-refractivity contribution in [2.24, 2.45) is 5.92 Å². The number of rotatable bonds is 5. The minimum atomic E-state index is -3.37. The van der Waals surface area contributed by atoms with Gasteiger partial charge in [0.1, 0.15) is 17.1 Å². The molecule has 0 amide bonds. The molecule has 0 aliphatic carbocycles. The molecule has 26 heavy (non-hydrogen) atoms. The number of aliphatic hydroxyl groups is 1. The van der Waals surface area contributed by atoms with Crippen molar-refractivity contribution in [1.29, 1.82) is 0 Å². The van der Waals surface area contributed by atoms with Crippen molar-refractivity contribution in [1.82, 2.24) is 9.29 Å². The first kappa shape index (κ1) is 18.9. The highest BCUT2D eigenvalue weighted by atomic mass is 32.2. The maximum absolute atomic E-state index is 12.2. The number of benzene rings is 1. The van der Waals surface area contributed by atoms with Gasteiger partial charge in [-0.1, -0.05) is 12.1 Å². The van der Waals surface area contributed by atoms with Crippen LogP contribution in [0.1, 0.15) is 5.56 Å². The van der Waals surface area contributed by atoms with Crippen molar-refractivity contribution in [3.63, 3.8) is 0 Å². The van der Waals surface area contributed by atoms with Gasteiger partial charge in [-0.2, -0.15) is 0 Å². The number of nitrogens with zero attached hydrogens (tertiary/aromatic N) is 3. The number of aliphatic hydroxyl groups excluding tert-OH is 1. The summed E-state index contributed by atoms with van der Waals surface area (Å²) in [4.78, 5) is 6.66. The van der Waals surface area contributed by atoms with Gasteiger partial charge in [-0.15, -0.1) is 0 Å². The molecule has 1 saturated heterocycles. The van der Waals surface area contributed by atoms with Crippen molar-refractivity contribution in [3.8, 4) is 5.75 Å². The number of fused-ring (bicyclic) bond motifs is 1. The summed E-state index contributed by atoms with van der Waals surface area (Å²) in [5.41, 5.74) is 1.83. The molecule has 7 nitrogen and oxygen atoms in total. The Bertz CT molecular complexity index is 914. The normalized spacial score (nSPS) is 20.9. The zero-order valence-corrected chi connectivity index (χ0v) is 16.3. The summed E-state index contributed by atoms with van der Waals surface area (Å²) in [6, 6.07) is 7.76. The molecule has 0 radical (unpaired) electrons. The highest BCUT2D eigenvalue weighted by Crippen LogP contribution is 2.31. The average molecular weight is 379 g/mol. The number of methoxy groups -OCH3 is 1. The predicted molar refractivity (Wildman–Crippen MR) is 102 cm³/mol. The number of anilines is 1. The molecule has 2 heterocycles. The van der Waals surface area contributed by atoms with Crippen LogP contribution in [0.15, 0.2) is 24.3 Å². The van der Waals surface area contributed by atoms with Crippen LogP contribution < -0.4 is 9.64 Å². The Balaban J connectivity index is 1.91. The summed E-state index contributed by atoms with van der Waals surface area (Å²) in [6.45, 7) is 2.81. The molecule has 1 aromatic heterocycles. The minimum Gasteiger partial charge on any atom is -0.494 e. The Morgan fingerprint density at radius 1 is 1.35 bits per heavy atom. The maximum Gasteiger partial charge on any atom is 0.214 e. The molecule has 2 atom stereocenters. The molecule has 1 aliphatic rings. The zero-order chi connectivity index (χ0) is 19.1. The first-order chi connectivity index (χ1) is 12.2. The molecule has 1 N–H and O–H groups in total. The van der Waals surface area contributed by atoms with E-state index >= 15 is 0 Å². The number of aryl methyl sites for hydroxylation is 1. The molecular weight excluding hydrogens is 354 g/mol. The van der Waals surface area contributed by atoms with Gasteiger partial charge in [0.25, 0.3) is 0 Å². The molecule has 2 aromatic rings. The van der Waals surface area contributed by atoms with Gasteiger partial charge in [0, 0.05) is 38.5 Å². The topological polar surface area (TPSA) is 83.0 Å². The summed E-state index contributed by atoms with van der Waals surface area (Å²) in [7, 11) is 1.26. The van der Waals surface area contributed by atoms with Crippen LogP contribution in [0.4, 0.5) is 5.82 Å². The first-order valence-electron chi connectivity index (χ1n) is 8.50. The second kappa shape index (κ2) is 7.02. The van der Waals surface area contributed by atoms with E-state index in [0.29, 0.717) is 18.8 Å². The molecule has 0 saturated carbocycles. The van der Waals surface area contributed by atoms with Gasteiger partial charge < -0.3 is 14.7 Å². The molecule has 1 aromatic carbocycles. The summed E-state index contributed by atoms with van der Waals surface area (Å²) in [5, 5.41) is 11.4. The number of hydrogen-bond donors (Lipinski definition) is 1. The van der Waals surface area contributed by atoms with Gasteiger partial charge in [-0.3, -0.25) is 0 Å². The van der Waals surface area contributed by atoms with E-state index < -0.39 is 16.1 Å². The highest BCUT2D eigenvalue weighted by molar-refractivity contribution is 7.89. The summed E-state index contributed by atoms with van der Waals surface area (Å²) >= 11 is 0. The molecule has 3 rings (SSSR count). The van der Waals surface area contributed by atoms with Crippen LogP contribution in [0.3, 0.4) is 0 Å². The molecule has 0 bridgehead atoms. The van der Waals surface area contributed by atoms with Crippen LogP contribution in [0, 0.1) is 12.8 Å². The largest absolute Gasteiger partial charge is 0.494 e. The third-order valence-corrected chi connectivity index (χ3v) is 6.89. The fourth-order valence-corrected chi connectivity index (χ4v) is 4.49. The highest BCUT2D eigenvalue weighted by Gasteiger charge is 2.36. The summed E-state index contributed by atoms with van der Waals surface area (Å²) < 4.78 is 30.9. The van der Waals surface area contributed by atoms with E-state index in [4.69, 9.17) is 9.72 Å². The lowest BCUT2D eigenvalue weighted by Crippen LogP contribution is -2.33. The van der Waals surface area contributed by atoms with Crippen molar-refractivity contribution >= 4 is 26.7 Å². The number of para-hydroxylation sites is 1. The van der Waals surface area contributed by atoms with Crippen molar-refractivity contribution in [2.75, 3.05) is 44.9 Å². The van der Waals surface area contributed by atoms with Gasteiger partial charge in [-0.05, 0) is 24.6 Å². The van der Waals surface area contributed by atoms with Gasteiger partial charge >= 0.3 is 0 Å². The van der Waals surface area contributed by atoms with Crippen LogP contribution in [-0.4, -0.2) is 69.0 Å². The van der Waals surface area contributed by atoms with E-state index in [1.807, 2.05) is 36.1 Å². The Hall–Kier alpha value is -1.90. The average Bonchev–Trinajstić information content (AvgIpc) is 2.94. The molecule has 8 heteroatoms. The third kappa shape index (κ3) is 3.49. The number of β-amino-alcohol motifs (C(OH)–C–C–N with tert-alkyl or cyclic N) is 1. The second-order valence-electron chi connectivity index (χ2n) is 6.95. The smallest absolute Gasteiger partial charge is 0.214 e. The van der Waals surface area contributed by atoms with E-state index in [-0.39, 0.29) is 11.7 Å². The van der Waals surface area contributed by atoms with Crippen molar-refractivity contribution in [2.45, 2.75) is 13.0 Å². The lowest BCUT2D eigenvalue weighted by atomic mass is 10.1. The van der Waals surface area contributed by atoms with Gasteiger partial charge in [0.05, 0.1) is 19.0 Å². The van der Waals surface area contributed by atoms with E-state index in [9.17, 15) is 13.5 Å². The van der Waals surface area contributed by atoms with Crippen molar-refractivity contribution < 1.29 is 18.3 Å². The van der Waals surface area contributed by atoms with Crippen molar-refractivity contribution in [3.05, 3.63) is 29.8 Å². The Morgan fingerprint density at radius 2 is 2.08 bits per heavy atom. The SMILES string of the molecule is COc1cccc2c(C)cc(N3C[C@@H](CS(=O)(=O)N(C)C)[C@H](O)C3)nc12. The minimum absolute atomic E-state index is 0.0758. The van der Waals surface area contributed by atoms with E-state index in [2.05, 4.69) is 0 Å². The van der Waals surface area contributed by atoms with Gasteiger partial charge in [0.15, 0.2) is 0 Å². The lowest BCUT2D eigenvalue weighted by Gasteiger charge is -2.20. The zero-order valence-electron chi connectivity index (χ0n) is 15.5.